The van der Waals surface area contributed by atoms with Gasteiger partial charge >= 0.3 is 0 Å². The van der Waals surface area contributed by atoms with Crippen LogP contribution in [0.25, 0.3) is 0 Å². The maximum atomic E-state index is 11.6. The molecule has 1 rings (SSSR count). The number of ether oxygens (including phenoxy) is 2. The highest BCUT2D eigenvalue weighted by Gasteiger charge is 2.37. The average molecular weight is 173 g/mol. The summed E-state index contributed by atoms with van der Waals surface area (Å²) < 4.78 is 10.2. The van der Waals surface area contributed by atoms with E-state index in [9.17, 15) is 4.79 Å². The van der Waals surface area contributed by atoms with E-state index in [2.05, 4.69) is 0 Å². The Balaban J connectivity index is 2.62. The van der Waals surface area contributed by atoms with Gasteiger partial charge in [-0.3, -0.25) is 4.79 Å². The molecule has 0 N–H and O–H groups in total. The zero-order valence-corrected chi connectivity index (χ0v) is 7.79. The molecule has 70 valence electrons. The molecule has 0 aromatic rings. The summed E-state index contributed by atoms with van der Waals surface area (Å²) in [7, 11) is 3.48. The van der Waals surface area contributed by atoms with E-state index in [1.165, 1.54) is 0 Å². The van der Waals surface area contributed by atoms with Crippen molar-refractivity contribution >= 4 is 5.91 Å². The number of carbonyl (C=O) groups excluding carboxylic acids is 1. The Bertz CT molecular complexity index is 173. The van der Waals surface area contributed by atoms with Gasteiger partial charge in [-0.1, -0.05) is 0 Å². The van der Waals surface area contributed by atoms with E-state index in [4.69, 9.17) is 9.47 Å². The van der Waals surface area contributed by atoms with E-state index < -0.39 is 5.41 Å². The third kappa shape index (κ3) is 1.76. The zero-order valence-electron chi connectivity index (χ0n) is 7.79. The van der Waals surface area contributed by atoms with E-state index in [-0.39, 0.29) is 5.91 Å². The van der Waals surface area contributed by atoms with Gasteiger partial charge in [-0.15, -0.1) is 0 Å². The molecule has 0 saturated carbocycles. The summed E-state index contributed by atoms with van der Waals surface area (Å²) in [5.74, 6) is 0.0576. The largest absolute Gasteiger partial charge is 0.354 e. The lowest BCUT2D eigenvalue weighted by Gasteiger charge is -2.33. The van der Waals surface area contributed by atoms with Crippen molar-refractivity contribution in [2.24, 2.45) is 5.41 Å². The molecule has 0 atom stereocenters. The molecule has 0 aliphatic carbocycles. The molecule has 1 amide bonds. The molecular formula is C8H15NO3. The lowest BCUT2D eigenvalue weighted by molar-refractivity contribution is -0.179. The van der Waals surface area contributed by atoms with Crippen molar-refractivity contribution in [2.45, 2.75) is 6.92 Å². The lowest BCUT2D eigenvalue weighted by atomic mass is 9.91. The van der Waals surface area contributed by atoms with Gasteiger partial charge in [0.05, 0.1) is 18.6 Å². The molecule has 0 bridgehead atoms. The van der Waals surface area contributed by atoms with Gasteiger partial charge in [0.15, 0.2) is 0 Å². The molecule has 12 heavy (non-hydrogen) atoms. The highest BCUT2D eigenvalue weighted by Crippen LogP contribution is 2.23. The molecule has 0 spiro atoms. The summed E-state index contributed by atoms with van der Waals surface area (Å²) in [4.78, 5) is 13.2. The maximum absolute atomic E-state index is 11.6. The quantitative estimate of drug-likeness (QED) is 0.564. The van der Waals surface area contributed by atoms with Crippen LogP contribution in [0.5, 0.6) is 0 Å². The molecule has 1 aliphatic rings. The van der Waals surface area contributed by atoms with Crippen LogP contribution in [0.2, 0.25) is 0 Å². The van der Waals surface area contributed by atoms with Gasteiger partial charge in [0, 0.05) is 14.1 Å². The average Bonchev–Trinajstić information content (AvgIpc) is 2.04. The number of carbonyl (C=O) groups is 1. The van der Waals surface area contributed by atoms with Gasteiger partial charge in [0.1, 0.15) is 6.79 Å². The van der Waals surface area contributed by atoms with Crippen LogP contribution in [0.4, 0.5) is 0 Å². The standard InChI is InChI=1S/C8H15NO3/c1-8(7(10)9(2)3)4-11-6-12-5-8/h4-6H2,1-3H3. The molecule has 0 unspecified atom stereocenters. The van der Waals surface area contributed by atoms with Crippen LogP contribution in [0.1, 0.15) is 6.92 Å². The molecule has 1 heterocycles. The molecule has 0 radical (unpaired) electrons. The minimum Gasteiger partial charge on any atom is -0.354 e. The summed E-state index contributed by atoms with van der Waals surface area (Å²) in [6.07, 6.45) is 0. The molecule has 1 saturated heterocycles. The Hall–Kier alpha value is -0.610. The van der Waals surface area contributed by atoms with E-state index in [1.807, 2.05) is 6.92 Å². The fourth-order valence-electron chi connectivity index (χ4n) is 1.30. The normalized spacial score (nSPS) is 21.9. The van der Waals surface area contributed by atoms with Gasteiger partial charge in [0.25, 0.3) is 0 Å². The van der Waals surface area contributed by atoms with Crippen LogP contribution in [0, 0.1) is 5.41 Å². The number of rotatable bonds is 1. The van der Waals surface area contributed by atoms with Gasteiger partial charge in [-0.25, -0.2) is 0 Å². The summed E-state index contributed by atoms with van der Waals surface area (Å²) in [5, 5.41) is 0. The summed E-state index contributed by atoms with van der Waals surface area (Å²) >= 11 is 0. The van der Waals surface area contributed by atoms with Crippen molar-refractivity contribution < 1.29 is 14.3 Å². The van der Waals surface area contributed by atoms with E-state index in [1.54, 1.807) is 19.0 Å². The van der Waals surface area contributed by atoms with Gasteiger partial charge < -0.3 is 14.4 Å². The summed E-state index contributed by atoms with van der Waals surface area (Å²) in [6, 6.07) is 0. The van der Waals surface area contributed by atoms with Gasteiger partial charge in [-0.05, 0) is 6.92 Å². The first kappa shape index (κ1) is 9.48. The Morgan fingerprint density at radius 2 is 1.83 bits per heavy atom. The van der Waals surface area contributed by atoms with Crippen LogP contribution in [0.15, 0.2) is 0 Å². The van der Waals surface area contributed by atoms with E-state index in [0.29, 0.717) is 20.0 Å². The fourth-order valence-corrected chi connectivity index (χ4v) is 1.30. The molecule has 0 aromatic heterocycles. The van der Waals surface area contributed by atoms with Crippen molar-refractivity contribution in [3.63, 3.8) is 0 Å². The predicted octanol–water partition coefficient (Wildman–Crippen LogP) is 0.0852. The van der Waals surface area contributed by atoms with Crippen LogP contribution < -0.4 is 0 Å². The first-order valence-electron chi connectivity index (χ1n) is 3.93. The maximum Gasteiger partial charge on any atom is 0.232 e. The van der Waals surface area contributed by atoms with Crippen LogP contribution in [-0.2, 0) is 14.3 Å². The topological polar surface area (TPSA) is 38.8 Å². The summed E-state index contributed by atoms with van der Waals surface area (Å²) in [6.45, 7) is 3.05. The third-order valence-electron chi connectivity index (χ3n) is 1.93. The van der Waals surface area contributed by atoms with Crippen molar-refractivity contribution in [3.05, 3.63) is 0 Å². The highest BCUT2D eigenvalue weighted by molar-refractivity contribution is 5.82. The van der Waals surface area contributed by atoms with Crippen molar-refractivity contribution in [3.8, 4) is 0 Å². The fraction of sp³-hybridized carbons (Fsp3) is 0.875. The second-order valence-corrected chi connectivity index (χ2v) is 3.58. The third-order valence-corrected chi connectivity index (χ3v) is 1.93. The van der Waals surface area contributed by atoms with Crippen molar-refractivity contribution in [1.29, 1.82) is 0 Å². The minimum absolute atomic E-state index is 0.0576. The first-order chi connectivity index (χ1) is 5.56. The Labute approximate surface area is 72.4 Å². The molecule has 4 heteroatoms. The lowest BCUT2D eigenvalue weighted by Crippen LogP contribution is -2.47. The van der Waals surface area contributed by atoms with Gasteiger partial charge in [-0.2, -0.15) is 0 Å². The molecule has 4 nitrogen and oxygen atoms in total. The van der Waals surface area contributed by atoms with Crippen LogP contribution >= 0.6 is 0 Å². The molecule has 1 fully saturated rings. The number of hydrogen-bond donors (Lipinski definition) is 0. The zero-order chi connectivity index (χ0) is 9.19. The smallest absolute Gasteiger partial charge is 0.232 e. The predicted molar refractivity (Wildman–Crippen MR) is 43.6 cm³/mol. The number of amides is 1. The van der Waals surface area contributed by atoms with Crippen molar-refractivity contribution in [2.75, 3.05) is 34.1 Å². The Morgan fingerprint density at radius 1 is 1.33 bits per heavy atom. The Kier molecular flexibility index (Phi) is 2.69. The molecule has 1 aliphatic heterocycles. The minimum atomic E-state index is -0.498. The van der Waals surface area contributed by atoms with Crippen LogP contribution in [-0.4, -0.2) is 44.9 Å². The van der Waals surface area contributed by atoms with E-state index >= 15 is 0 Å². The number of nitrogens with zero attached hydrogens (tertiary/aromatic N) is 1. The van der Waals surface area contributed by atoms with Gasteiger partial charge in [0.2, 0.25) is 5.91 Å². The molecule has 0 aromatic carbocycles. The molecular weight excluding hydrogens is 158 g/mol. The van der Waals surface area contributed by atoms with Crippen LogP contribution in [0.3, 0.4) is 0 Å². The second-order valence-electron chi connectivity index (χ2n) is 3.58. The first-order valence-corrected chi connectivity index (χ1v) is 3.93. The highest BCUT2D eigenvalue weighted by atomic mass is 16.7. The Morgan fingerprint density at radius 3 is 2.25 bits per heavy atom. The van der Waals surface area contributed by atoms with Crippen molar-refractivity contribution in [1.82, 2.24) is 4.90 Å². The number of hydrogen-bond acceptors (Lipinski definition) is 3. The van der Waals surface area contributed by atoms with E-state index in [0.717, 1.165) is 0 Å². The SMILES string of the molecule is CN(C)C(=O)C1(C)COCOC1. The second kappa shape index (κ2) is 3.41. The summed E-state index contributed by atoms with van der Waals surface area (Å²) in [5.41, 5.74) is -0.498. The monoisotopic (exact) mass is 173 g/mol.